The van der Waals surface area contributed by atoms with E-state index < -0.39 is 29.3 Å². The van der Waals surface area contributed by atoms with Crippen molar-refractivity contribution in [1.82, 2.24) is 9.80 Å². The Labute approximate surface area is 209 Å². The molecule has 1 saturated heterocycles. The summed E-state index contributed by atoms with van der Waals surface area (Å²) in [4.78, 5) is 17.0. The molecule has 5 aliphatic rings. The Morgan fingerprint density at radius 3 is 2.89 bits per heavy atom. The molecular weight excluding hydrogens is 463 g/mol. The molecule has 2 aliphatic heterocycles. The highest BCUT2D eigenvalue weighted by molar-refractivity contribution is 5.92. The van der Waals surface area contributed by atoms with E-state index in [2.05, 4.69) is 4.90 Å². The van der Waals surface area contributed by atoms with Crippen molar-refractivity contribution in [2.45, 2.75) is 67.5 Å². The topological polar surface area (TPSA) is 86.4 Å². The average molecular weight is 495 g/mol. The first kappa shape index (κ1) is 22.4. The number of hydrogen-bond donors (Lipinski definition) is 2. The van der Waals surface area contributed by atoms with Crippen molar-refractivity contribution in [2.24, 2.45) is 5.92 Å². The Morgan fingerprint density at radius 2 is 2.14 bits per heavy atom. The molecule has 7 rings (SSSR count). The fourth-order valence-electron chi connectivity index (χ4n) is 7.67. The van der Waals surface area contributed by atoms with E-state index in [0.29, 0.717) is 30.7 Å². The standard InChI is InChI=1S/C28H31FN2O5/c1-30(23(33)7-4-17-9-11-35-15-17)19-8-10-27(34)22-12-18-5-6-20(32)25-24(18)28(27,26(19)36-25)21(29)14-31(22)13-16-2-3-16/h4-7,9,11,15-16,19,21-22,26,32,34H,2-3,8,10,12-14H2,1H3/b7-4+/t19-,21-,22-,26+,27-,28+/m1/s1. The lowest BCUT2D eigenvalue weighted by Gasteiger charge is -2.65. The maximum Gasteiger partial charge on any atom is 0.246 e. The highest BCUT2D eigenvalue weighted by Gasteiger charge is 2.77. The van der Waals surface area contributed by atoms with Crippen molar-refractivity contribution in [3.05, 3.63) is 53.5 Å². The second-order valence-corrected chi connectivity index (χ2v) is 11.3. The van der Waals surface area contributed by atoms with Gasteiger partial charge in [-0.05, 0) is 61.8 Å². The maximum atomic E-state index is 16.7. The van der Waals surface area contributed by atoms with Crippen LogP contribution in [0.4, 0.5) is 4.39 Å². The molecule has 7 nitrogen and oxygen atoms in total. The predicted octanol–water partition coefficient (Wildman–Crippen LogP) is 3.04. The third-order valence-corrected chi connectivity index (χ3v) is 9.51. The van der Waals surface area contributed by atoms with E-state index in [1.165, 1.54) is 6.08 Å². The molecule has 3 heterocycles. The maximum absolute atomic E-state index is 16.7. The minimum absolute atomic E-state index is 0.0430. The number of amides is 1. The fraction of sp³-hybridized carbons (Fsp3) is 0.536. The largest absolute Gasteiger partial charge is 0.504 e. The molecule has 190 valence electrons. The van der Waals surface area contributed by atoms with Gasteiger partial charge in [0.15, 0.2) is 11.5 Å². The number of aromatic hydroxyl groups is 1. The summed E-state index contributed by atoms with van der Waals surface area (Å²) >= 11 is 0. The molecule has 0 radical (unpaired) electrons. The lowest BCUT2D eigenvalue weighted by molar-refractivity contribution is -0.223. The minimum atomic E-state index is -1.39. The summed E-state index contributed by atoms with van der Waals surface area (Å²) < 4.78 is 28.2. The number of halogens is 1. The van der Waals surface area contributed by atoms with Gasteiger partial charge in [-0.25, -0.2) is 4.39 Å². The zero-order valence-electron chi connectivity index (χ0n) is 20.3. The Kier molecular flexibility index (Phi) is 4.71. The molecule has 0 unspecified atom stereocenters. The van der Waals surface area contributed by atoms with Crippen molar-refractivity contribution < 1.29 is 28.6 Å². The highest BCUT2D eigenvalue weighted by Crippen LogP contribution is 2.66. The van der Waals surface area contributed by atoms with Crippen molar-refractivity contribution in [3.8, 4) is 11.5 Å². The normalized spacial score (nSPS) is 36.5. The van der Waals surface area contributed by atoms with Crippen molar-refractivity contribution in [1.29, 1.82) is 0 Å². The summed E-state index contributed by atoms with van der Waals surface area (Å²) in [7, 11) is 1.70. The first-order chi connectivity index (χ1) is 17.3. The van der Waals surface area contributed by atoms with E-state index in [4.69, 9.17) is 9.15 Å². The van der Waals surface area contributed by atoms with Gasteiger partial charge in [0.05, 0.1) is 24.2 Å². The second kappa shape index (κ2) is 7.59. The van der Waals surface area contributed by atoms with Crippen LogP contribution in [0.1, 0.15) is 42.4 Å². The number of alkyl halides is 1. The minimum Gasteiger partial charge on any atom is -0.504 e. The number of likely N-dealkylation sites (tertiary alicyclic amines) is 1. The Morgan fingerprint density at radius 1 is 1.31 bits per heavy atom. The molecule has 2 N–H and O–H groups in total. The van der Waals surface area contributed by atoms with Crippen LogP contribution in [0.3, 0.4) is 0 Å². The van der Waals surface area contributed by atoms with Crippen LogP contribution < -0.4 is 4.74 Å². The van der Waals surface area contributed by atoms with Gasteiger partial charge in [-0.1, -0.05) is 6.07 Å². The van der Waals surface area contributed by atoms with Crippen LogP contribution >= 0.6 is 0 Å². The monoisotopic (exact) mass is 494 g/mol. The molecule has 36 heavy (non-hydrogen) atoms. The summed E-state index contributed by atoms with van der Waals surface area (Å²) in [6.07, 6.45) is 7.82. The number of carbonyl (C=O) groups is 1. The van der Waals surface area contributed by atoms with E-state index >= 15 is 4.39 Å². The van der Waals surface area contributed by atoms with Crippen LogP contribution in [0.2, 0.25) is 0 Å². The van der Waals surface area contributed by atoms with E-state index in [0.717, 1.165) is 30.5 Å². The quantitative estimate of drug-likeness (QED) is 0.622. The number of phenolic OH excluding ortho intramolecular Hbond substituents is 1. The number of rotatable bonds is 5. The van der Waals surface area contributed by atoms with Gasteiger partial charge in [-0.2, -0.15) is 0 Å². The SMILES string of the molecule is CN(C(=O)/C=C/c1ccoc1)[C@@H]1CC[C@@]2(O)[C@H]3Cc4ccc(O)c5c4[C@@]2([C@H](F)CN3CC2CC2)[C@H]1O5. The van der Waals surface area contributed by atoms with Crippen molar-refractivity contribution >= 4 is 12.0 Å². The number of phenols is 1. The molecule has 2 aromatic rings. The summed E-state index contributed by atoms with van der Waals surface area (Å²) in [6.45, 7) is 1.03. The Bertz CT molecular complexity index is 1240. The average Bonchev–Trinajstić information content (AvgIpc) is 3.36. The lowest BCUT2D eigenvalue weighted by Crippen LogP contribution is -2.82. The van der Waals surface area contributed by atoms with Gasteiger partial charge < -0.3 is 24.3 Å². The zero-order chi connectivity index (χ0) is 24.8. The first-order valence-electron chi connectivity index (χ1n) is 12.9. The number of aliphatic hydroxyl groups is 1. The van der Waals surface area contributed by atoms with Crippen LogP contribution in [-0.2, 0) is 16.6 Å². The molecule has 6 atom stereocenters. The molecule has 2 saturated carbocycles. The van der Waals surface area contributed by atoms with Crippen LogP contribution in [0, 0.1) is 5.92 Å². The predicted molar refractivity (Wildman–Crippen MR) is 129 cm³/mol. The molecule has 1 aromatic carbocycles. The molecule has 1 amide bonds. The zero-order valence-corrected chi connectivity index (χ0v) is 20.3. The number of furan rings is 1. The fourth-order valence-corrected chi connectivity index (χ4v) is 7.67. The molecule has 3 aliphatic carbocycles. The molecule has 8 heteroatoms. The summed E-state index contributed by atoms with van der Waals surface area (Å²) in [6, 6.07) is 4.54. The third kappa shape index (κ3) is 2.83. The van der Waals surface area contributed by atoms with Gasteiger partial charge in [0, 0.05) is 43.4 Å². The van der Waals surface area contributed by atoms with Crippen LogP contribution in [0.15, 0.2) is 41.2 Å². The number of ether oxygens (including phenoxy) is 1. The number of hydrogen-bond acceptors (Lipinski definition) is 6. The third-order valence-electron chi connectivity index (χ3n) is 9.51. The molecule has 1 aromatic heterocycles. The van der Waals surface area contributed by atoms with Gasteiger partial charge in [0.25, 0.3) is 0 Å². The van der Waals surface area contributed by atoms with Crippen LogP contribution in [-0.4, -0.2) is 76.0 Å². The summed E-state index contributed by atoms with van der Waals surface area (Å²) in [5.74, 6) is 0.568. The van der Waals surface area contributed by atoms with E-state index in [1.807, 2.05) is 6.07 Å². The number of likely N-dealkylation sites (N-methyl/N-ethyl adjacent to an activating group) is 1. The molecule has 3 fully saturated rings. The van der Waals surface area contributed by atoms with Crippen LogP contribution in [0.25, 0.3) is 6.08 Å². The van der Waals surface area contributed by atoms with Gasteiger partial charge in [0.1, 0.15) is 17.7 Å². The molecular formula is C28H31FN2O5. The Balaban J connectivity index is 1.31. The number of carbonyl (C=O) groups excluding carboxylic acids is 1. The van der Waals surface area contributed by atoms with Gasteiger partial charge in [-0.15, -0.1) is 0 Å². The number of benzene rings is 1. The summed E-state index contributed by atoms with van der Waals surface area (Å²) in [5, 5.41) is 23.2. The van der Waals surface area contributed by atoms with E-state index in [-0.39, 0.29) is 30.0 Å². The number of nitrogens with zero attached hydrogens (tertiary/aromatic N) is 2. The van der Waals surface area contributed by atoms with Crippen molar-refractivity contribution in [3.63, 3.8) is 0 Å². The molecule has 1 spiro atoms. The van der Waals surface area contributed by atoms with Gasteiger partial charge in [0.2, 0.25) is 5.91 Å². The van der Waals surface area contributed by atoms with Crippen LogP contribution in [0.5, 0.6) is 11.5 Å². The second-order valence-electron chi connectivity index (χ2n) is 11.3. The van der Waals surface area contributed by atoms with E-state index in [9.17, 15) is 15.0 Å². The highest BCUT2D eigenvalue weighted by atomic mass is 19.1. The van der Waals surface area contributed by atoms with Crippen molar-refractivity contribution in [2.75, 3.05) is 20.1 Å². The Hall–Kier alpha value is -2.84. The molecule has 2 bridgehead atoms. The lowest BCUT2D eigenvalue weighted by atomic mass is 9.47. The number of piperidine rings is 1. The smallest absolute Gasteiger partial charge is 0.246 e. The first-order valence-corrected chi connectivity index (χ1v) is 12.9. The van der Waals surface area contributed by atoms with Gasteiger partial charge >= 0.3 is 0 Å². The summed E-state index contributed by atoms with van der Waals surface area (Å²) in [5.41, 5.74) is -0.356. The van der Waals surface area contributed by atoms with E-state index in [1.54, 1.807) is 42.7 Å². The van der Waals surface area contributed by atoms with Gasteiger partial charge in [-0.3, -0.25) is 9.69 Å².